The van der Waals surface area contributed by atoms with Crippen molar-refractivity contribution in [2.75, 3.05) is 23.7 Å². The molecule has 0 spiro atoms. The van der Waals surface area contributed by atoms with Crippen LogP contribution in [0.5, 0.6) is 0 Å². The van der Waals surface area contributed by atoms with Crippen LogP contribution in [-0.4, -0.2) is 25.0 Å². The van der Waals surface area contributed by atoms with E-state index in [2.05, 4.69) is 10.6 Å². The molecule has 2 aliphatic rings. The number of carbonyl (C=O) groups excluding carboxylic acids is 2. The lowest BCUT2D eigenvalue weighted by Crippen LogP contribution is -2.32. The highest BCUT2D eigenvalue weighted by Crippen LogP contribution is 2.31. The Morgan fingerprint density at radius 3 is 2.82 bits per heavy atom. The molecule has 0 bridgehead atoms. The second-order valence-electron chi connectivity index (χ2n) is 6.92. The van der Waals surface area contributed by atoms with Crippen LogP contribution < -0.4 is 21.3 Å². The first-order chi connectivity index (χ1) is 13.0. The third-order valence-corrected chi connectivity index (χ3v) is 5.15. The van der Waals surface area contributed by atoms with E-state index in [1.54, 1.807) is 0 Å². The number of rotatable bonds is 3. The average molecular weight is 405 g/mol. The molecule has 148 valence electrons. The number of fused-ring (bicyclic) bond motifs is 1. The van der Waals surface area contributed by atoms with Crippen LogP contribution in [-0.2, 0) is 6.42 Å². The number of hydrogen-bond donors (Lipinski definition) is 3. The molecule has 1 unspecified atom stereocenters. The number of anilines is 2. The molecular weight excluding hydrogens is 383 g/mol. The van der Waals surface area contributed by atoms with Crippen LogP contribution in [0.3, 0.4) is 0 Å². The summed E-state index contributed by atoms with van der Waals surface area (Å²) in [6.45, 7) is 1.02. The van der Waals surface area contributed by atoms with Gasteiger partial charge in [0.15, 0.2) is 0 Å². The van der Waals surface area contributed by atoms with E-state index in [-0.39, 0.29) is 30.0 Å². The van der Waals surface area contributed by atoms with Gasteiger partial charge in [0.05, 0.1) is 11.6 Å². The highest BCUT2D eigenvalue weighted by atomic mass is 35.5. The Bertz CT molecular complexity index is 921. The highest BCUT2D eigenvalue weighted by molar-refractivity contribution is 5.98. The Labute approximate surface area is 168 Å². The Morgan fingerprint density at radius 2 is 2.07 bits per heavy atom. The maximum Gasteiger partial charge on any atom is 0.321 e. The summed E-state index contributed by atoms with van der Waals surface area (Å²) in [4.78, 5) is 26.1. The molecule has 28 heavy (non-hydrogen) atoms. The van der Waals surface area contributed by atoms with E-state index in [1.807, 2.05) is 18.2 Å². The maximum atomic E-state index is 14.3. The number of aryl methyl sites for hydroxylation is 1. The summed E-state index contributed by atoms with van der Waals surface area (Å²) in [5, 5.41) is 5.64. The highest BCUT2D eigenvalue weighted by Gasteiger charge is 2.26. The topological polar surface area (TPSA) is 87.5 Å². The molecule has 1 saturated heterocycles. The van der Waals surface area contributed by atoms with Crippen molar-refractivity contribution >= 4 is 35.7 Å². The van der Waals surface area contributed by atoms with E-state index < -0.39 is 11.7 Å². The molecule has 0 saturated carbocycles. The van der Waals surface area contributed by atoms with Crippen LogP contribution in [0, 0.1) is 5.82 Å². The fraction of sp³-hybridized carbons (Fsp3) is 0.300. The van der Waals surface area contributed by atoms with E-state index in [9.17, 15) is 14.0 Å². The molecule has 1 heterocycles. The fourth-order valence-corrected chi connectivity index (χ4v) is 3.79. The number of hydrogen-bond acceptors (Lipinski definition) is 3. The quantitative estimate of drug-likeness (QED) is 0.686. The van der Waals surface area contributed by atoms with Crippen LogP contribution in [0.2, 0.25) is 0 Å². The summed E-state index contributed by atoms with van der Waals surface area (Å²) in [6, 6.07) is 9.42. The summed E-state index contributed by atoms with van der Waals surface area (Å²) >= 11 is 0. The molecule has 1 atom stereocenters. The molecule has 0 radical (unpaired) electrons. The number of amides is 3. The maximum absolute atomic E-state index is 14.3. The van der Waals surface area contributed by atoms with Crippen LogP contribution >= 0.6 is 12.4 Å². The second-order valence-corrected chi connectivity index (χ2v) is 6.92. The number of carbonyl (C=O) groups is 2. The monoisotopic (exact) mass is 404 g/mol. The smallest absolute Gasteiger partial charge is 0.321 e. The third-order valence-electron chi connectivity index (χ3n) is 5.15. The van der Waals surface area contributed by atoms with Gasteiger partial charge in [0.2, 0.25) is 0 Å². The van der Waals surface area contributed by atoms with Gasteiger partial charge in [0.25, 0.3) is 5.91 Å². The molecule has 2 aromatic rings. The normalized spacial score (nSPS) is 18.1. The Morgan fingerprint density at radius 1 is 1.25 bits per heavy atom. The summed E-state index contributed by atoms with van der Waals surface area (Å²) < 4.78 is 14.3. The number of nitrogens with one attached hydrogen (secondary N) is 2. The lowest BCUT2D eigenvalue weighted by Gasteiger charge is -2.27. The van der Waals surface area contributed by atoms with Crippen molar-refractivity contribution in [2.45, 2.75) is 25.3 Å². The minimum Gasteiger partial charge on any atom is -0.399 e. The number of halogens is 2. The van der Waals surface area contributed by atoms with E-state index in [0.29, 0.717) is 24.5 Å². The van der Waals surface area contributed by atoms with Crippen molar-refractivity contribution < 1.29 is 14.0 Å². The largest absolute Gasteiger partial charge is 0.399 e. The minimum absolute atomic E-state index is 0. The lowest BCUT2D eigenvalue weighted by molar-refractivity contribution is 0.0928. The number of urea groups is 1. The van der Waals surface area contributed by atoms with Gasteiger partial charge in [-0.15, -0.1) is 12.4 Å². The predicted molar refractivity (Wildman–Crippen MR) is 108 cm³/mol. The van der Waals surface area contributed by atoms with Crippen molar-refractivity contribution in [3.63, 3.8) is 0 Å². The van der Waals surface area contributed by atoms with Crippen LogP contribution in [0.4, 0.5) is 20.6 Å². The van der Waals surface area contributed by atoms with Crippen molar-refractivity contribution in [3.8, 4) is 0 Å². The fourth-order valence-electron chi connectivity index (χ4n) is 3.79. The molecule has 6 nitrogen and oxygen atoms in total. The van der Waals surface area contributed by atoms with Crippen molar-refractivity contribution in [2.24, 2.45) is 0 Å². The Hall–Kier alpha value is -2.80. The van der Waals surface area contributed by atoms with Gasteiger partial charge in [-0.05, 0) is 60.7 Å². The van der Waals surface area contributed by atoms with Crippen LogP contribution in [0.15, 0.2) is 36.4 Å². The summed E-state index contributed by atoms with van der Waals surface area (Å²) in [7, 11) is 0. The first kappa shape index (κ1) is 19.9. The number of benzene rings is 2. The van der Waals surface area contributed by atoms with Gasteiger partial charge >= 0.3 is 6.03 Å². The zero-order valence-electron chi connectivity index (χ0n) is 15.2. The lowest BCUT2D eigenvalue weighted by atomic mass is 9.87. The molecule has 4 rings (SSSR count). The van der Waals surface area contributed by atoms with Gasteiger partial charge in [-0.2, -0.15) is 0 Å². The number of nitrogen functional groups attached to an aromatic ring is 1. The first-order valence-corrected chi connectivity index (χ1v) is 9.07. The van der Waals surface area contributed by atoms with Gasteiger partial charge in [0.1, 0.15) is 5.82 Å². The molecule has 0 aromatic heterocycles. The Kier molecular flexibility index (Phi) is 5.74. The van der Waals surface area contributed by atoms with Gasteiger partial charge in [-0.25, -0.2) is 9.18 Å². The molecule has 4 N–H and O–H groups in total. The molecule has 8 heteroatoms. The van der Waals surface area contributed by atoms with E-state index in [1.165, 1.54) is 23.1 Å². The number of nitrogens with two attached hydrogens (primary N) is 1. The van der Waals surface area contributed by atoms with Gasteiger partial charge in [-0.3, -0.25) is 9.69 Å². The SMILES string of the molecule is Cl.Nc1ccc2c(c1)CCCC2NC(=O)c1cc(N2CCNC2=O)ccc1F. The van der Waals surface area contributed by atoms with Crippen LogP contribution in [0.1, 0.15) is 40.4 Å². The molecule has 1 fully saturated rings. The molecule has 1 aliphatic carbocycles. The van der Waals surface area contributed by atoms with Gasteiger partial charge in [0, 0.05) is 24.5 Å². The standard InChI is InChI=1S/C20H21FN4O2.ClH/c21-17-7-5-14(25-9-8-23-20(25)27)11-16(17)19(26)24-18-3-1-2-12-10-13(22)4-6-15(12)18;/h4-7,10-11,18H,1-3,8-9,22H2,(H,23,27)(H,24,26);1H. The van der Waals surface area contributed by atoms with Crippen molar-refractivity contribution in [3.05, 3.63) is 58.9 Å². The Balaban J connectivity index is 0.00000225. The zero-order valence-corrected chi connectivity index (χ0v) is 16.0. The number of nitrogens with zero attached hydrogens (tertiary/aromatic N) is 1. The molecular formula is C20H22ClFN4O2. The third kappa shape index (κ3) is 3.75. The zero-order chi connectivity index (χ0) is 19.0. The average Bonchev–Trinajstić information content (AvgIpc) is 3.08. The van der Waals surface area contributed by atoms with E-state index in [0.717, 1.165) is 30.4 Å². The molecule has 1 aliphatic heterocycles. The van der Waals surface area contributed by atoms with Crippen molar-refractivity contribution in [1.82, 2.24) is 10.6 Å². The van der Waals surface area contributed by atoms with E-state index in [4.69, 9.17) is 5.73 Å². The molecule has 2 aromatic carbocycles. The minimum atomic E-state index is -0.607. The second kappa shape index (κ2) is 8.06. The first-order valence-electron chi connectivity index (χ1n) is 9.07. The summed E-state index contributed by atoms with van der Waals surface area (Å²) in [6.07, 6.45) is 2.64. The van der Waals surface area contributed by atoms with Gasteiger partial charge in [-0.1, -0.05) is 6.07 Å². The molecule has 3 amide bonds. The summed E-state index contributed by atoms with van der Waals surface area (Å²) in [5.74, 6) is -1.09. The van der Waals surface area contributed by atoms with E-state index >= 15 is 0 Å². The summed E-state index contributed by atoms with van der Waals surface area (Å²) in [5.41, 5.74) is 9.14. The van der Waals surface area contributed by atoms with Crippen molar-refractivity contribution in [1.29, 1.82) is 0 Å². The van der Waals surface area contributed by atoms with Crippen LogP contribution in [0.25, 0.3) is 0 Å². The van der Waals surface area contributed by atoms with Gasteiger partial charge < -0.3 is 16.4 Å². The predicted octanol–water partition coefficient (Wildman–Crippen LogP) is 3.17.